The van der Waals surface area contributed by atoms with E-state index in [2.05, 4.69) is 10.6 Å². The second-order valence-corrected chi connectivity index (χ2v) is 7.78. The average molecular weight is 400 g/mol. The number of benzene rings is 1. The van der Waals surface area contributed by atoms with Crippen LogP contribution in [0.5, 0.6) is 0 Å². The zero-order valence-electron chi connectivity index (χ0n) is 15.9. The predicted molar refractivity (Wildman–Crippen MR) is 111 cm³/mol. The molecule has 3 rings (SSSR count). The lowest BCUT2D eigenvalue weighted by atomic mass is 9.95. The smallest absolute Gasteiger partial charge is 0.263 e. The minimum atomic E-state index is -0.186. The summed E-state index contributed by atoms with van der Waals surface area (Å²) in [5, 5.41) is 7.64. The number of hydrogen-bond acceptors (Lipinski definition) is 4. The molecule has 1 aromatic carbocycles. The fourth-order valence-corrected chi connectivity index (χ4v) is 3.95. The highest BCUT2D eigenvalue weighted by Crippen LogP contribution is 2.23. The van der Waals surface area contributed by atoms with Crippen LogP contribution in [-0.2, 0) is 4.79 Å². The highest BCUT2D eigenvalue weighted by molar-refractivity contribution is 7.12. The van der Waals surface area contributed by atoms with E-state index in [1.54, 1.807) is 24.3 Å². The maximum Gasteiger partial charge on any atom is 0.263 e. The van der Waals surface area contributed by atoms with Gasteiger partial charge in [-0.1, -0.05) is 25.1 Å². The van der Waals surface area contributed by atoms with Gasteiger partial charge in [-0.3, -0.25) is 14.4 Å². The minimum absolute atomic E-state index is 0.0341. The van der Waals surface area contributed by atoms with Gasteiger partial charge in [-0.05, 0) is 42.8 Å². The lowest BCUT2D eigenvalue weighted by molar-refractivity contribution is -0.121. The second-order valence-electron chi connectivity index (χ2n) is 6.83. The topological polar surface area (TPSA) is 78.5 Å². The van der Waals surface area contributed by atoms with Crippen LogP contribution in [-0.4, -0.2) is 42.3 Å². The average Bonchev–Trinajstić information content (AvgIpc) is 3.27. The van der Waals surface area contributed by atoms with Gasteiger partial charge in [0.2, 0.25) is 5.91 Å². The molecule has 1 aliphatic heterocycles. The van der Waals surface area contributed by atoms with E-state index < -0.39 is 0 Å². The monoisotopic (exact) mass is 399 g/mol. The fraction of sp³-hybridized carbons (Fsp3) is 0.381. The van der Waals surface area contributed by atoms with E-state index in [-0.39, 0.29) is 23.6 Å². The van der Waals surface area contributed by atoms with E-state index in [1.165, 1.54) is 11.3 Å². The maximum absolute atomic E-state index is 12.7. The van der Waals surface area contributed by atoms with Gasteiger partial charge in [0.05, 0.1) is 16.1 Å². The number of likely N-dealkylation sites (tertiary alicyclic amines) is 1. The number of thiophene rings is 1. The van der Waals surface area contributed by atoms with Crippen LogP contribution in [0.15, 0.2) is 41.8 Å². The second kappa shape index (κ2) is 9.50. The molecule has 0 saturated carbocycles. The van der Waals surface area contributed by atoms with Gasteiger partial charge >= 0.3 is 0 Å². The molecule has 1 aromatic heterocycles. The normalized spacial score (nSPS) is 14.5. The van der Waals surface area contributed by atoms with Gasteiger partial charge in [0.1, 0.15) is 0 Å². The van der Waals surface area contributed by atoms with Crippen molar-refractivity contribution in [2.45, 2.75) is 26.2 Å². The molecule has 0 bridgehead atoms. The number of rotatable bonds is 6. The van der Waals surface area contributed by atoms with Crippen molar-refractivity contribution in [2.75, 3.05) is 25.0 Å². The van der Waals surface area contributed by atoms with Gasteiger partial charge in [-0.2, -0.15) is 0 Å². The van der Waals surface area contributed by atoms with Crippen LogP contribution in [0.3, 0.4) is 0 Å². The van der Waals surface area contributed by atoms with Gasteiger partial charge in [0.25, 0.3) is 11.8 Å². The Kier molecular flexibility index (Phi) is 6.81. The van der Waals surface area contributed by atoms with Crippen molar-refractivity contribution in [1.82, 2.24) is 10.2 Å². The van der Waals surface area contributed by atoms with Crippen LogP contribution in [0.25, 0.3) is 0 Å². The maximum atomic E-state index is 12.7. The van der Waals surface area contributed by atoms with Gasteiger partial charge in [0.15, 0.2) is 0 Å². The number of carbonyl (C=O) groups is 3. The standard InChI is InChI=1S/C21H25N3O3S/c1-2-11-22-20(26)16-6-3-4-7-17(16)23-19(25)15-9-12-24(13-10-15)21(27)18-8-5-14-28-18/h3-8,14-15H,2,9-13H2,1H3,(H,22,26)(H,23,25). The molecule has 7 heteroatoms. The summed E-state index contributed by atoms with van der Waals surface area (Å²) in [4.78, 5) is 40.0. The third-order valence-corrected chi connectivity index (χ3v) is 5.71. The Hall–Kier alpha value is -2.67. The van der Waals surface area contributed by atoms with E-state index in [0.29, 0.717) is 43.7 Å². The van der Waals surface area contributed by atoms with Crippen molar-refractivity contribution in [2.24, 2.45) is 5.92 Å². The summed E-state index contributed by atoms with van der Waals surface area (Å²) in [6.07, 6.45) is 2.09. The number of piperidine rings is 1. The van der Waals surface area contributed by atoms with E-state index in [1.807, 2.05) is 29.3 Å². The van der Waals surface area contributed by atoms with E-state index in [4.69, 9.17) is 0 Å². The van der Waals surface area contributed by atoms with Crippen molar-refractivity contribution in [3.63, 3.8) is 0 Å². The molecule has 1 saturated heterocycles. The summed E-state index contributed by atoms with van der Waals surface area (Å²) in [7, 11) is 0. The van der Waals surface area contributed by atoms with Crippen molar-refractivity contribution < 1.29 is 14.4 Å². The highest BCUT2D eigenvalue weighted by Gasteiger charge is 2.28. The lowest BCUT2D eigenvalue weighted by Crippen LogP contribution is -2.41. The third kappa shape index (κ3) is 4.78. The van der Waals surface area contributed by atoms with Gasteiger partial charge < -0.3 is 15.5 Å². The molecule has 1 fully saturated rings. The molecular weight excluding hydrogens is 374 g/mol. The molecule has 0 spiro atoms. The first-order chi connectivity index (χ1) is 13.6. The predicted octanol–water partition coefficient (Wildman–Crippen LogP) is 3.38. The molecule has 0 unspecified atom stereocenters. The SMILES string of the molecule is CCCNC(=O)c1ccccc1NC(=O)C1CCN(C(=O)c2cccs2)CC1. The summed E-state index contributed by atoms with van der Waals surface area (Å²) < 4.78 is 0. The van der Waals surface area contributed by atoms with Gasteiger partial charge in [-0.25, -0.2) is 0 Å². The Labute approximate surface area is 168 Å². The molecular formula is C21H25N3O3S. The quantitative estimate of drug-likeness (QED) is 0.782. The molecule has 6 nitrogen and oxygen atoms in total. The Bertz CT molecular complexity index is 827. The first kappa shape index (κ1) is 20.1. The molecule has 1 aliphatic rings. The Balaban J connectivity index is 1.58. The minimum Gasteiger partial charge on any atom is -0.352 e. The Morgan fingerprint density at radius 2 is 1.86 bits per heavy atom. The molecule has 2 heterocycles. The lowest BCUT2D eigenvalue weighted by Gasteiger charge is -2.31. The molecule has 148 valence electrons. The van der Waals surface area contributed by atoms with Crippen LogP contribution >= 0.6 is 11.3 Å². The van der Waals surface area contributed by atoms with Crippen molar-refractivity contribution in [3.8, 4) is 0 Å². The van der Waals surface area contributed by atoms with Crippen molar-refractivity contribution in [1.29, 1.82) is 0 Å². The number of para-hydroxylation sites is 1. The molecule has 3 amide bonds. The fourth-order valence-electron chi connectivity index (χ4n) is 3.26. The van der Waals surface area contributed by atoms with E-state index in [0.717, 1.165) is 11.3 Å². The first-order valence-electron chi connectivity index (χ1n) is 9.61. The molecule has 2 N–H and O–H groups in total. The number of hydrogen-bond donors (Lipinski definition) is 2. The highest BCUT2D eigenvalue weighted by atomic mass is 32.1. The van der Waals surface area contributed by atoms with Gasteiger partial charge in [-0.15, -0.1) is 11.3 Å². The zero-order valence-corrected chi connectivity index (χ0v) is 16.8. The van der Waals surface area contributed by atoms with Crippen LogP contribution in [0.1, 0.15) is 46.2 Å². The number of anilines is 1. The third-order valence-electron chi connectivity index (χ3n) is 4.85. The Morgan fingerprint density at radius 1 is 1.11 bits per heavy atom. The summed E-state index contributed by atoms with van der Waals surface area (Å²) in [6.45, 7) is 3.71. The summed E-state index contributed by atoms with van der Waals surface area (Å²) in [6, 6.07) is 10.7. The summed E-state index contributed by atoms with van der Waals surface area (Å²) >= 11 is 1.43. The number of carbonyl (C=O) groups excluding carboxylic acids is 3. The number of amides is 3. The van der Waals surface area contributed by atoms with Crippen LogP contribution in [0, 0.1) is 5.92 Å². The van der Waals surface area contributed by atoms with E-state index >= 15 is 0 Å². The summed E-state index contributed by atoms with van der Waals surface area (Å²) in [5.41, 5.74) is 0.993. The molecule has 28 heavy (non-hydrogen) atoms. The first-order valence-corrected chi connectivity index (χ1v) is 10.5. The number of nitrogens with one attached hydrogen (secondary N) is 2. The van der Waals surface area contributed by atoms with Crippen LogP contribution in [0.4, 0.5) is 5.69 Å². The van der Waals surface area contributed by atoms with E-state index in [9.17, 15) is 14.4 Å². The largest absolute Gasteiger partial charge is 0.352 e. The molecule has 2 aromatic rings. The van der Waals surface area contributed by atoms with Crippen molar-refractivity contribution >= 4 is 34.7 Å². The van der Waals surface area contributed by atoms with Crippen LogP contribution in [0.2, 0.25) is 0 Å². The molecule has 0 atom stereocenters. The van der Waals surface area contributed by atoms with Gasteiger partial charge in [0, 0.05) is 25.6 Å². The number of nitrogens with zero attached hydrogens (tertiary/aromatic N) is 1. The van der Waals surface area contributed by atoms with Crippen LogP contribution < -0.4 is 10.6 Å². The van der Waals surface area contributed by atoms with Crippen molar-refractivity contribution in [3.05, 3.63) is 52.2 Å². The summed E-state index contributed by atoms with van der Waals surface area (Å²) in [5.74, 6) is -0.418. The zero-order chi connectivity index (χ0) is 19.9. The molecule has 0 aliphatic carbocycles. The Morgan fingerprint density at radius 3 is 2.54 bits per heavy atom. The molecule has 0 radical (unpaired) electrons.